The Balaban J connectivity index is 2.32. The van der Waals surface area contributed by atoms with Crippen LogP contribution in [0.15, 0.2) is 0 Å². The van der Waals surface area contributed by atoms with Crippen LogP contribution in [0.4, 0.5) is 0 Å². The van der Waals surface area contributed by atoms with Gasteiger partial charge in [0.2, 0.25) is 0 Å². The minimum absolute atomic E-state index is 1.12. The number of rotatable bonds is 0. The van der Waals surface area contributed by atoms with Crippen LogP contribution < -0.4 is 5.16 Å². The third-order valence-electron chi connectivity index (χ3n) is 0.218. The van der Waals surface area contributed by atoms with Crippen LogP contribution in [0, 0.1) is 0 Å². The number of nitrogens with one attached hydrogen (secondary N) is 1. The second-order valence-corrected chi connectivity index (χ2v) is 1.05. The molecule has 0 fully saturated rings. The van der Waals surface area contributed by atoms with Crippen molar-refractivity contribution in [1.82, 2.24) is 0 Å². The van der Waals surface area contributed by atoms with E-state index in [9.17, 15) is 0 Å². The first kappa shape index (κ1) is 2.99. The van der Waals surface area contributed by atoms with E-state index in [4.69, 9.17) is 0 Å². The SMILES string of the molecule is C1=[NH+]OOS1. The molecule has 1 aliphatic heterocycles. The van der Waals surface area contributed by atoms with Gasteiger partial charge in [0.1, 0.15) is 0 Å². The molecule has 1 rings (SSSR count). The normalized spacial score (nSPS) is 19.2. The largest absolute Gasteiger partial charge is 0.281 e. The highest BCUT2D eigenvalue weighted by Crippen LogP contribution is 1.92. The van der Waals surface area contributed by atoms with Gasteiger partial charge in [0.15, 0.2) is 12.0 Å². The quantitative estimate of drug-likeness (QED) is 0.295. The van der Waals surface area contributed by atoms with E-state index in [0.717, 1.165) is 12.0 Å². The van der Waals surface area contributed by atoms with Crippen LogP contribution in [0.5, 0.6) is 0 Å². The minimum Gasteiger partial charge on any atom is -0.0761 e. The van der Waals surface area contributed by atoms with E-state index in [1.807, 2.05) is 0 Å². The zero-order chi connectivity index (χ0) is 3.54. The molecular formula is CH2NO2S+. The zero-order valence-electron chi connectivity index (χ0n) is 2.30. The van der Waals surface area contributed by atoms with Gasteiger partial charge in [0.05, 0.1) is 0 Å². The van der Waals surface area contributed by atoms with Crippen molar-refractivity contribution in [2.45, 2.75) is 0 Å². The van der Waals surface area contributed by atoms with E-state index in [2.05, 4.69) is 14.5 Å². The third-order valence-corrected chi connectivity index (χ3v) is 0.557. The predicted molar refractivity (Wildman–Crippen MR) is 16.8 cm³/mol. The Bertz CT molecular complexity index is 47.6. The highest BCUT2D eigenvalue weighted by atomic mass is 32.2. The van der Waals surface area contributed by atoms with Gasteiger partial charge >= 0.3 is 0 Å². The lowest BCUT2D eigenvalue weighted by Crippen LogP contribution is -2.63. The Kier molecular flexibility index (Phi) is 0.764. The molecule has 0 amide bonds. The maximum absolute atomic E-state index is 4.19. The van der Waals surface area contributed by atoms with Gasteiger partial charge in [-0.2, -0.15) is 0 Å². The standard InChI is InChI=1S/CHNO2S/c1-2-3-4-5-1/h1H/p+1. The first-order chi connectivity index (χ1) is 2.50. The van der Waals surface area contributed by atoms with Gasteiger partial charge in [0, 0.05) is 5.16 Å². The van der Waals surface area contributed by atoms with Crippen LogP contribution >= 0.6 is 12.0 Å². The Hall–Kier alpha value is -0.220. The molecule has 1 aliphatic rings. The molecule has 0 saturated heterocycles. The fraction of sp³-hybridized carbons (Fsp3) is 0. The van der Waals surface area contributed by atoms with Crippen molar-refractivity contribution < 1.29 is 14.5 Å². The molecule has 0 aliphatic carbocycles. The smallest absolute Gasteiger partial charge is 0.0761 e. The molecule has 0 saturated carbocycles. The van der Waals surface area contributed by atoms with E-state index in [1.54, 1.807) is 5.55 Å². The van der Waals surface area contributed by atoms with Crippen LogP contribution in [0.25, 0.3) is 0 Å². The summed E-state index contributed by atoms with van der Waals surface area (Å²) in [6, 6.07) is 0. The Morgan fingerprint density at radius 2 is 2.80 bits per heavy atom. The maximum atomic E-state index is 4.19. The van der Waals surface area contributed by atoms with Crippen LogP contribution in [-0.2, 0) is 9.32 Å². The molecular weight excluding hydrogens is 90.1 g/mol. The summed E-state index contributed by atoms with van der Waals surface area (Å²) >= 11 is 1.12. The zero-order valence-corrected chi connectivity index (χ0v) is 3.12. The highest BCUT2D eigenvalue weighted by molar-refractivity contribution is 8.07. The lowest BCUT2D eigenvalue weighted by atomic mass is 11.7. The summed E-state index contributed by atoms with van der Waals surface area (Å²) in [4.78, 5) is 4.10. The molecule has 0 radical (unpaired) electrons. The predicted octanol–water partition coefficient (Wildman–Crippen LogP) is -1.38. The molecule has 1 heterocycles. The van der Waals surface area contributed by atoms with Crippen LogP contribution in [0.2, 0.25) is 0 Å². The molecule has 1 N–H and O–H groups in total. The fourth-order valence-electron chi connectivity index (χ4n) is 0.0982. The summed E-state index contributed by atoms with van der Waals surface area (Å²) in [6.07, 6.45) is 0. The molecule has 5 heavy (non-hydrogen) atoms. The molecule has 0 spiro atoms. The number of hydrogen-bond acceptors (Lipinski definition) is 3. The first-order valence-corrected chi connectivity index (χ1v) is 1.87. The molecule has 0 aromatic rings. The summed E-state index contributed by atoms with van der Waals surface area (Å²) in [6.45, 7) is 0. The van der Waals surface area contributed by atoms with E-state index in [-0.39, 0.29) is 0 Å². The van der Waals surface area contributed by atoms with Crippen LogP contribution in [-0.4, -0.2) is 5.55 Å². The lowest BCUT2D eigenvalue weighted by molar-refractivity contribution is -0.819. The van der Waals surface area contributed by atoms with Gasteiger partial charge in [0.25, 0.3) is 5.55 Å². The third kappa shape index (κ3) is 0.524. The molecule has 4 heteroatoms. The average molecular weight is 92.1 g/mol. The van der Waals surface area contributed by atoms with Crippen LogP contribution in [0.1, 0.15) is 0 Å². The van der Waals surface area contributed by atoms with Crippen molar-refractivity contribution in [2.75, 3.05) is 0 Å². The summed E-state index contributed by atoms with van der Waals surface area (Å²) in [5.74, 6) is 0. The maximum Gasteiger partial charge on any atom is 0.281 e. The van der Waals surface area contributed by atoms with Gasteiger partial charge in [-0.1, -0.05) is 4.99 Å². The molecule has 28 valence electrons. The summed E-state index contributed by atoms with van der Waals surface area (Å²) < 4.78 is 4.19. The summed E-state index contributed by atoms with van der Waals surface area (Å²) in [5.41, 5.74) is 1.58. The van der Waals surface area contributed by atoms with Gasteiger partial charge in [-0.25, -0.2) is 0 Å². The summed E-state index contributed by atoms with van der Waals surface area (Å²) in [7, 11) is 0. The average Bonchev–Trinajstić information content (AvgIpc) is 1.76. The van der Waals surface area contributed by atoms with Gasteiger partial charge in [-0.3, -0.25) is 0 Å². The van der Waals surface area contributed by atoms with Crippen LogP contribution in [0.3, 0.4) is 0 Å². The molecule has 0 bridgehead atoms. The van der Waals surface area contributed by atoms with Crippen molar-refractivity contribution in [1.29, 1.82) is 0 Å². The molecule has 0 aromatic carbocycles. The highest BCUT2D eigenvalue weighted by Gasteiger charge is 1.96. The molecule has 0 aromatic heterocycles. The van der Waals surface area contributed by atoms with Crippen molar-refractivity contribution in [3.05, 3.63) is 0 Å². The second kappa shape index (κ2) is 1.28. The van der Waals surface area contributed by atoms with Gasteiger partial charge in [-0.15, -0.1) is 0 Å². The molecule has 3 nitrogen and oxygen atoms in total. The molecule has 0 atom stereocenters. The lowest BCUT2D eigenvalue weighted by Gasteiger charge is -1.65. The van der Waals surface area contributed by atoms with Gasteiger partial charge in [-0.05, 0) is 4.33 Å². The van der Waals surface area contributed by atoms with Gasteiger partial charge < -0.3 is 0 Å². The van der Waals surface area contributed by atoms with Crippen molar-refractivity contribution in [3.63, 3.8) is 0 Å². The topological polar surface area (TPSA) is 32.4 Å². The number of hydrogen-bond donors (Lipinski definition) is 1. The van der Waals surface area contributed by atoms with E-state index >= 15 is 0 Å². The van der Waals surface area contributed by atoms with Crippen molar-refractivity contribution in [2.24, 2.45) is 0 Å². The minimum atomic E-state index is 1.12. The summed E-state index contributed by atoms with van der Waals surface area (Å²) in [5, 5.41) is 2.34. The monoisotopic (exact) mass is 92.0 g/mol. The molecule has 0 unspecified atom stereocenters. The van der Waals surface area contributed by atoms with E-state index < -0.39 is 0 Å². The van der Waals surface area contributed by atoms with Crippen molar-refractivity contribution in [3.8, 4) is 0 Å². The fourth-order valence-corrected chi connectivity index (χ4v) is 0.295. The van der Waals surface area contributed by atoms with E-state index in [1.165, 1.54) is 0 Å². The van der Waals surface area contributed by atoms with E-state index in [0.29, 0.717) is 0 Å². The Morgan fingerprint density at radius 1 is 1.80 bits per heavy atom. The second-order valence-electron chi connectivity index (χ2n) is 0.483. The Morgan fingerprint density at radius 3 is 3.00 bits per heavy atom. The van der Waals surface area contributed by atoms with Crippen molar-refractivity contribution >= 4 is 17.6 Å². The first-order valence-electron chi connectivity index (χ1n) is 1.06. The Labute approximate surface area is 33.1 Å².